The summed E-state index contributed by atoms with van der Waals surface area (Å²) < 4.78 is 8.45. The predicted molar refractivity (Wildman–Crippen MR) is 97.3 cm³/mol. The Morgan fingerprint density at radius 1 is 1.19 bits per heavy atom. The average Bonchev–Trinajstić information content (AvgIpc) is 2.87. The van der Waals surface area contributed by atoms with Gasteiger partial charge in [0.1, 0.15) is 11.9 Å². The van der Waals surface area contributed by atoms with Crippen LogP contribution in [0.25, 0.3) is 0 Å². The zero-order chi connectivity index (χ0) is 15.6. The van der Waals surface area contributed by atoms with Crippen LogP contribution in [0.3, 0.4) is 0 Å². The highest BCUT2D eigenvalue weighted by atomic mass is 79.9. The number of benzene rings is 1. The van der Waals surface area contributed by atoms with E-state index < -0.39 is 0 Å². The molecule has 2 nitrogen and oxygen atoms in total. The maximum atomic E-state index is 6.27. The first-order valence-electron chi connectivity index (χ1n) is 6.86. The first-order chi connectivity index (χ1) is 9.92. The van der Waals surface area contributed by atoms with Crippen LogP contribution < -0.4 is 10.5 Å². The molecule has 1 aromatic carbocycles. The molecule has 5 heteroatoms. The molecule has 21 heavy (non-hydrogen) atoms. The van der Waals surface area contributed by atoms with Crippen LogP contribution in [0.5, 0.6) is 5.75 Å². The molecule has 0 aliphatic rings. The van der Waals surface area contributed by atoms with Crippen LogP contribution in [0, 0.1) is 13.8 Å². The van der Waals surface area contributed by atoms with E-state index in [1.807, 2.05) is 6.07 Å². The van der Waals surface area contributed by atoms with Crippen LogP contribution in [0.1, 0.15) is 35.5 Å². The molecular formula is C16H19Br2NOS. The molecule has 0 bridgehead atoms. The molecule has 0 radical (unpaired) electrons. The number of halogens is 2. The van der Waals surface area contributed by atoms with Crippen LogP contribution in [-0.4, -0.2) is 6.04 Å². The van der Waals surface area contributed by atoms with Crippen molar-refractivity contribution in [2.75, 3.05) is 0 Å². The van der Waals surface area contributed by atoms with E-state index in [1.165, 1.54) is 11.1 Å². The van der Waals surface area contributed by atoms with Crippen LogP contribution in [0.2, 0.25) is 0 Å². The second-order valence-electron chi connectivity index (χ2n) is 5.12. The number of aryl methyl sites for hydroxylation is 2. The lowest BCUT2D eigenvalue weighted by atomic mass is 10.1. The second-order valence-corrected chi connectivity index (χ2v) is 8.41. The molecule has 2 rings (SSSR count). The van der Waals surface area contributed by atoms with Crippen LogP contribution >= 0.6 is 43.2 Å². The Kier molecular flexibility index (Phi) is 5.88. The molecule has 1 aromatic heterocycles. The van der Waals surface area contributed by atoms with Gasteiger partial charge in [-0.1, -0.05) is 22.9 Å². The minimum Gasteiger partial charge on any atom is -0.483 e. The Balaban J connectivity index is 2.31. The van der Waals surface area contributed by atoms with E-state index in [-0.39, 0.29) is 12.1 Å². The van der Waals surface area contributed by atoms with Gasteiger partial charge in [0.05, 0.1) is 3.79 Å². The third-order valence-electron chi connectivity index (χ3n) is 3.41. The van der Waals surface area contributed by atoms with Crippen molar-refractivity contribution in [1.82, 2.24) is 0 Å². The fraction of sp³-hybridized carbons (Fsp3) is 0.375. The molecule has 0 saturated carbocycles. The lowest BCUT2D eigenvalue weighted by molar-refractivity contribution is 0.174. The molecule has 2 unspecified atom stereocenters. The number of thiophene rings is 1. The van der Waals surface area contributed by atoms with Crippen molar-refractivity contribution in [1.29, 1.82) is 0 Å². The normalized spacial score (nSPS) is 14.0. The molecule has 1 heterocycles. The molecule has 2 atom stereocenters. The van der Waals surface area contributed by atoms with Gasteiger partial charge in [-0.3, -0.25) is 0 Å². The highest BCUT2D eigenvalue weighted by molar-refractivity contribution is 9.11. The average molecular weight is 433 g/mol. The monoisotopic (exact) mass is 431 g/mol. The first-order valence-corrected chi connectivity index (χ1v) is 9.26. The Bertz CT molecular complexity index is 603. The van der Waals surface area contributed by atoms with Crippen LogP contribution in [0.15, 0.2) is 32.5 Å². The van der Waals surface area contributed by atoms with Crippen molar-refractivity contribution in [3.05, 3.63) is 48.5 Å². The molecule has 2 N–H and O–H groups in total. The van der Waals surface area contributed by atoms with E-state index in [4.69, 9.17) is 10.5 Å². The summed E-state index contributed by atoms with van der Waals surface area (Å²) in [5.41, 5.74) is 8.60. The predicted octanol–water partition coefficient (Wildman–Crippen LogP) is 5.75. The van der Waals surface area contributed by atoms with E-state index in [0.717, 1.165) is 25.3 Å². The third kappa shape index (κ3) is 4.09. The topological polar surface area (TPSA) is 35.2 Å². The van der Waals surface area contributed by atoms with Crippen molar-refractivity contribution < 1.29 is 4.74 Å². The summed E-state index contributed by atoms with van der Waals surface area (Å²) >= 11 is 8.76. The van der Waals surface area contributed by atoms with Gasteiger partial charge in [0.15, 0.2) is 0 Å². The van der Waals surface area contributed by atoms with Gasteiger partial charge in [-0.05, 0) is 71.6 Å². The summed E-state index contributed by atoms with van der Waals surface area (Å²) in [6, 6.07) is 8.19. The van der Waals surface area contributed by atoms with Crippen LogP contribution in [0.4, 0.5) is 0 Å². The Hall–Kier alpha value is -0.360. The molecule has 0 fully saturated rings. The van der Waals surface area contributed by atoms with Gasteiger partial charge >= 0.3 is 0 Å². The second kappa shape index (κ2) is 7.27. The van der Waals surface area contributed by atoms with Crippen molar-refractivity contribution in [3.63, 3.8) is 0 Å². The lowest BCUT2D eigenvalue weighted by Crippen LogP contribution is -2.30. The van der Waals surface area contributed by atoms with E-state index in [2.05, 4.69) is 70.8 Å². The highest BCUT2D eigenvalue weighted by Gasteiger charge is 2.22. The lowest BCUT2D eigenvalue weighted by Gasteiger charge is -2.24. The standard InChI is InChI=1S/C16H19Br2NOS/c1-4-12(19)16(13-5-6-14(17)21-13)20-11-7-9(2)15(18)10(3)8-11/h5-8,12,16H,4,19H2,1-3H3. The van der Waals surface area contributed by atoms with E-state index in [9.17, 15) is 0 Å². The summed E-state index contributed by atoms with van der Waals surface area (Å²) in [6.45, 7) is 6.22. The molecule has 0 aliphatic heterocycles. The number of hydrogen-bond acceptors (Lipinski definition) is 3. The van der Waals surface area contributed by atoms with E-state index in [1.54, 1.807) is 11.3 Å². The van der Waals surface area contributed by atoms with Gasteiger partial charge in [0.25, 0.3) is 0 Å². The molecule has 0 spiro atoms. The Morgan fingerprint density at radius 2 is 1.81 bits per heavy atom. The van der Waals surface area contributed by atoms with Gasteiger partial charge in [0.2, 0.25) is 0 Å². The zero-order valence-corrected chi connectivity index (χ0v) is 16.3. The summed E-state index contributed by atoms with van der Waals surface area (Å²) in [6.07, 6.45) is 0.751. The fourth-order valence-electron chi connectivity index (χ4n) is 2.17. The SMILES string of the molecule is CCC(N)C(Oc1cc(C)c(Br)c(C)c1)c1ccc(Br)s1. The van der Waals surface area contributed by atoms with Gasteiger partial charge in [-0.15, -0.1) is 11.3 Å². The summed E-state index contributed by atoms with van der Waals surface area (Å²) in [4.78, 5) is 1.15. The molecule has 0 amide bonds. The van der Waals surface area contributed by atoms with Crippen molar-refractivity contribution in [3.8, 4) is 5.75 Å². The minimum atomic E-state index is -0.119. The molecule has 0 aliphatic carbocycles. The quantitative estimate of drug-likeness (QED) is 0.652. The fourth-order valence-corrected chi connectivity index (χ4v) is 3.93. The van der Waals surface area contributed by atoms with Gasteiger partial charge in [0, 0.05) is 15.4 Å². The highest BCUT2D eigenvalue weighted by Crippen LogP contribution is 2.34. The van der Waals surface area contributed by atoms with Crippen molar-refractivity contribution >= 4 is 43.2 Å². The van der Waals surface area contributed by atoms with Gasteiger partial charge in [-0.2, -0.15) is 0 Å². The number of hydrogen-bond donors (Lipinski definition) is 1. The van der Waals surface area contributed by atoms with Crippen molar-refractivity contribution in [2.24, 2.45) is 5.73 Å². The van der Waals surface area contributed by atoms with Crippen molar-refractivity contribution in [2.45, 2.75) is 39.3 Å². The number of rotatable bonds is 5. The van der Waals surface area contributed by atoms with Gasteiger partial charge < -0.3 is 10.5 Å². The summed E-state index contributed by atoms with van der Waals surface area (Å²) in [7, 11) is 0. The Labute approximate surface area is 147 Å². The van der Waals surface area contributed by atoms with Crippen LogP contribution in [-0.2, 0) is 0 Å². The maximum Gasteiger partial charge on any atom is 0.148 e. The van der Waals surface area contributed by atoms with E-state index >= 15 is 0 Å². The summed E-state index contributed by atoms with van der Waals surface area (Å²) in [5, 5.41) is 0. The van der Waals surface area contributed by atoms with Gasteiger partial charge in [-0.25, -0.2) is 0 Å². The molecule has 114 valence electrons. The largest absolute Gasteiger partial charge is 0.483 e. The first kappa shape index (κ1) is 17.0. The third-order valence-corrected chi connectivity index (χ3v) is 6.34. The number of ether oxygens (including phenoxy) is 1. The molecular weight excluding hydrogens is 414 g/mol. The summed E-state index contributed by atoms with van der Waals surface area (Å²) in [5.74, 6) is 0.867. The molecule has 0 saturated heterocycles. The zero-order valence-electron chi connectivity index (χ0n) is 12.3. The smallest absolute Gasteiger partial charge is 0.148 e. The minimum absolute atomic E-state index is 0.0280. The number of nitrogens with two attached hydrogens (primary N) is 1. The maximum absolute atomic E-state index is 6.27. The molecule has 2 aromatic rings. The Morgan fingerprint density at radius 3 is 2.29 bits per heavy atom. The van der Waals surface area contributed by atoms with E-state index in [0.29, 0.717) is 0 Å².